The molecule has 1 nitrogen and oxygen atoms in total. The van der Waals surface area contributed by atoms with E-state index in [1.165, 1.54) is 0 Å². The molecule has 0 aliphatic rings. The molecule has 0 bridgehead atoms. The van der Waals surface area contributed by atoms with Crippen LogP contribution in [0.3, 0.4) is 0 Å². The zero-order valence-electron chi connectivity index (χ0n) is 10.5. The van der Waals surface area contributed by atoms with Crippen molar-refractivity contribution in [3.05, 3.63) is 67.2 Å². The van der Waals surface area contributed by atoms with Gasteiger partial charge >= 0.3 is 0 Å². The second-order valence-corrected chi connectivity index (χ2v) is 6.16. The van der Waals surface area contributed by atoms with Crippen molar-refractivity contribution in [1.82, 2.24) is 5.32 Å². The average Bonchev–Trinajstić information content (AvgIpc) is 2.40. The van der Waals surface area contributed by atoms with Gasteiger partial charge in [0.2, 0.25) is 0 Å². The van der Waals surface area contributed by atoms with Gasteiger partial charge in [0.05, 0.1) is 11.1 Å². The Kier molecular flexibility index (Phi) is 5.51. The summed E-state index contributed by atoms with van der Waals surface area (Å²) >= 11 is 14.7. The summed E-state index contributed by atoms with van der Waals surface area (Å²) in [6.45, 7) is 2.94. The first-order valence-electron chi connectivity index (χ1n) is 6.06. The molecular weight excluding hydrogens is 392 g/mol. The predicted octanol–water partition coefficient (Wildman–Crippen LogP) is 5.30. The maximum atomic E-state index is 6.30. The quantitative estimate of drug-likeness (QED) is 0.680. The second kappa shape index (κ2) is 6.93. The van der Waals surface area contributed by atoms with Gasteiger partial charge in [0, 0.05) is 8.59 Å². The van der Waals surface area contributed by atoms with Gasteiger partial charge in [-0.2, -0.15) is 0 Å². The monoisotopic (exact) mass is 405 g/mol. The molecule has 4 heteroatoms. The Morgan fingerprint density at radius 1 is 1.11 bits per heavy atom. The Hall–Kier alpha value is -0.290. The van der Waals surface area contributed by atoms with Gasteiger partial charge in [-0.3, -0.25) is 0 Å². The summed E-state index contributed by atoms with van der Waals surface area (Å²) in [5.74, 6) is 0. The summed E-state index contributed by atoms with van der Waals surface area (Å²) in [6.07, 6.45) is 0. The summed E-state index contributed by atoms with van der Waals surface area (Å²) in [5, 5.41) is 5.00. The van der Waals surface area contributed by atoms with Gasteiger partial charge < -0.3 is 5.32 Å². The topological polar surface area (TPSA) is 12.0 Å². The van der Waals surface area contributed by atoms with E-state index >= 15 is 0 Å². The maximum Gasteiger partial charge on any atom is 0.0591 e. The molecule has 0 fully saturated rings. The van der Waals surface area contributed by atoms with Crippen LogP contribution in [0, 0.1) is 3.57 Å². The summed E-state index contributed by atoms with van der Waals surface area (Å²) < 4.78 is 1.05. The molecule has 2 aromatic carbocycles. The third-order valence-electron chi connectivity index (χ3n) is 2.90. The average molecular weight is 406 g/mol. The molecule has 1 N–H and O–H groups in total. The van der Waals surface area contributed by atoms with Crippen LogP contribution < -0.4 is 5.32 Å². The number of benzene rings is 2. The number of rotatable bonds is 4. The number of hydrogen-bond donors (Lipinski definition) is 1. The summed E-state index contributed by atoms with van der Waals surface area (Å²) in [4.78, 5) is 0. The number of nitrogens with one attached hydrogen (secondary N) is 1. The van der Waals surface area contributed by atoms with E-state index < -0.39 is 0 Å². The van der Waals surface area contributed by atoms with Crippen molar-refractivity contribution in [2.24, 2.45) is 0 Å². The molecule has 0 radical (unpaired) electrons. The standard InChI is InChI=1S/C15H14Cl2IN/c1-2-19-15(11-5-3-4-6-12(11)16)10-7-8-14(18)13(17)9-10/h3-9,15,19H,2H2,1H3. The van der Waals surface area contributed by atoms with Crippen LogP contribution in [0.4, 0.5) is 0 Å². The van der Waals surface area contributed by atoms with Crippen molar-refractivity contribution in [2.45, 2.75) is 13.0 Å². The lowest BCUT2D eigenvalue weighted by atomic mass is 9.98. The highest BCUT2D eigenvalue weighted by atomic mass is 127. The van der Waals surface area contributed by atoms with E-state index in [1.807, 2.05) is 36.4 Å². The fourth-order valence-electron chi connectivity index (χ4n) is 2.01. The minimum absolute atomic E-state index is 0.0631. The second-order valence-electron chi connectivity index (χ2n) is 4.19. The fourth-order valence-corrected chi connectivity index (χ4v) is 2.78. The molecule has 0 heterocycles. The third kappa shape index (κ3) is 3.63. The first kappa shape index (κ1) is 15.1. The molecule has 0 saturated carbocycles. The Bertz CT molecular complexity index is 572. The molecule has 0 amide bonds. The van der Waals surface area contributed by atoms with E-state index in [0.29, 0.717) is 0 Å². The smallest absolute Gasteiger partial charge is 0.0591 e. The molecular formula is C15H14Cl2IN. The minimum atomic E-state index is 0.0631. The van der Waals surface area contributed by atoms with Gasteiger partial charge in [-0.05, 0) is 58.5 Å². The Morgan fingerprint density at radius 2 is 1.84 bits per heavy atom. The lowest BCUT2D eigenvalue weighted by Gasteiger charge is -2.20. The van der Waals surface area contributed by atoms with Crippen LogP contribution >= 0.6 is 45.8 Å². The number of hydrogen-bond acceptors (Lipinski definition) is 1. The highest BCUT2D eigenvalue weighted by Crippen LogP contribution is 2.30. The van der Waals surface area contributed by atoms with Gasteiger partial charge in [-0.1, -0.05) is 54.4 Å². The molecule has 1 unspecified atom stereocenters. The number of halogens is 3. The Balaban J connectivity index is 2.45. The molecule has 0 saturated heterocycles. The maximum absolute atomic E-state index is 6.30. The van der Waals surface area contributed by atoms with Crippen LogP contribution in [-0.2, 0) is 0 Å². The van der Waals surface area contributed by atoms with Crippen LogP contribution in [0.15, 0.2) is 42.5 Å². The summed E-state index contributed by atoms with van der Waals surface area (Å²) in [7, 11) is 0. The largest absolute Gasteiger partial charge is 0.306 e. The Morgan fingerprint density at radius 3 is 2.47 bits per heavy atom. The highest BCUT2D eigenvalue weighted by molar-refractivity contribution is 14.1. The van der Waals surface area contributed by atoms with E-state index in [4.69, 9.17) is 23.2 Å². The van der Waals surface area contributed by atoms with Crippen LogP contribution in [0.1, 0.15) is 24.1 Å². The molecule has 0 aliphatic heterocycles. The van der Waals surface area contributed by atoms with Crippen LogP contribution in [-0.4, -0.2) is 6.54 Å². The van der Waals surface area contributed by atoms with Crippen molar-refractivity contribution in [3.8, 4) is 0 Å². The zero-order chi connectivity index (χ0) is 13.8. The molecule has 2 rings (SSSR count). The molecule has 0 aromatic heterocycles. The third-order valence-corrected chi connectivity index (χ3v) is 4.82. The first-order valence-corrected chi connectivity index (χ1v) is 7.89. The van der Waals surface area contributed by atoms with Gasteiger partial charge in [0.25, 0.3) is 0 Å². The first-order chi connectivity index (χ1) is 9.13. The summed E-state index contributed by atoms with van der Waals surface area (Å²) in [5.41, 5.74) is 2.20. The molecule has 19 heavy (non-hydrogen) atoms. The van der Waals surface area contributed by atoms with Gasteiger partial charge in [-0.25, -0.2) is 0 Å². The molecule has 0 aliphatic carbocycles. The van der Waals surface area contributed by atoms with Crippen molar-refractivity contribution < 1.29 is 0 Å². The van der Waals surface area contributed by atoms with Crippen LogP contribution in [0.25, 0.3) is 0 Å². The molecule has 1 atom stereocenters. The van der Waals surface area contributed by atoms with Crippen molar-refractivity contribution in [2.75, 3.05) is 6.54 Å². The van der Waals surface area contributed by atoms with Gasteiger partial charge in [-0.15, -0.1) is 0 Å². The van der Waals surface area contributed by atoms with E-state index in [2.05, 4.69) is 40.9 Å². The molecule has 0 spiro atoms. The molecule has 100 valence electrons. The van der Waals surface area contributed by atoms with E-state index in [9.17, 15) is 0 Å². The lowest BCUT2D eigenvalue weighted by molar-refractivity contribution is 0.631. The van der Waals surface area contributed by atoms with E-state index in [1.54, 1.807) is 0 Å². The van der Waals surface area contributed by atoms with Gasteiger partial charge in [0.1, 0.15) is 0 Å². The Labute approximate surface area is 137 Å². The van der Waals surface area contributed by atoms with E-state index in [-0.39, 0.29) is 6.04 Å². The van der Waals surface area contributed by atoms with Crippen LogP contribution in [0.5, 0.6) is 0 Å². The SMILES string of the molecule is CCNC(c1ccc(I)c(Cl)c1)c1ccccc1Cl. The zero-order valence-corrected chi connectivity index (χ0v) is 14.1. The summed E-state index contributed by atoms with van der Waals surface area (Å²) in [6, 6.07) is 14.1. The van der Waals surface area contributed by atoms with Crippen molar-refractivity contribution in [1.29, 1.82) is 0 Å². The predicted molar refractivity (Wildman–Crippen MR) is 91.1 cm³/mol. The van der Waals surface area contributed by atoms with Crippen molar-refractivity contribution >= 4 is 45.8 Å². The normalized spacial score (nSPS) is 12.4. The van der Waals surface area contributed by atoms with E-state index in [0.717, 1.165) is 31.3 Å². The lowest BCUT2D eigenvalue weighted by Crippen LogP contribution is -2.22. The highest BCUT2D eigenvalue weighted by Gasteiger charge is 2.16. The van der Waals surface area contributed by atoms with Crippen molar-refractivity contribution in [3.63, 3.8) is 0 Å². The molecule has 2 aromatic rings. The fraction of sp³-hybridized carbons (Fsp3) is 0.200. The minimum Gasteiger partial charge on any atom is -0.306 e. The van der Waals surface area contributed by atoms with Gasteiger partial charge in [0.15, 0.2) is 0 Å². The van der Waals surface area contributed by atoms with Crippen LogP contribution in [0.2, 0.25) is 10.0 Å².